The predicted molar refractivity (Wildman–Crippen MR) is 101 cm³/mol. The fourth-order valence-corrected chi connectivity index (χ4v) is 3.20. The number of nitrogens with zero attached hydrogens (tertiary/aromatic N) is 1. The summed E-state index contributed by atoms with van der Waals surface area (Å²) < 4.78 is 0. The van der Waals surface area contributed by atoms with Gasteiger partial charge in [0.1, 0.15) is 5.69 Å². The molecule has 0 aliphatic rings. The van der Waals surface area contributed by atoms with Gasteiger partial charge in [0.15, 0.2) is 0 Å². The van der Waals surface area contributed by atoms with Crippen molar-refractivity contribution in [3.8, 4) is 0 Å². The first-order valence-corrected chi connectivity index (χ1v) is 8.50. The van der Waals surface area contributed by atoms with Crippen LogP contribution in [0.5, 0.6) is 0 Å². The summed E-state index contributed by atoms with van der Waals surface area (Å²) in [5.41, 5.74) is 2.93. The maximum Gasteiger partial charge on any atom is 0.270 e. The van der Waals surface area contributed by atoms with Crippen LogP contribution in [0.3, 0.4) is 0 Å². The highest BCUT2D eigenvalue weighted by Gasteiger charge is 2.11. The lowest BCUT2D eigenvalue weighted by Crippen LogP contribution is -2.25. The first-order chi connectivity index (χ1) is 12.3. The highest BCUT2D eigenvalue weighted by atomic mass is 16.1. The first-order valence-electron chi connectivity index (χ1n) is 8.50. The molecule has 25 heavy (non-hydrogen) atoms. The average molecular weight is 329 g/mol. The molecule has 0 aliphatic heterocycles. The Morgan fingerprint density at radius 1 is 1.00 bits per heavy atom. The third kappa shape index (κ3) is 3.11. The molecule has 124 valence electrons. The second kappa shape index (κ2) is 6.77. The van der Waals surface area contributed by atoms with Crippen molar-refractivity contribution >= 4 is 27.6 Å². The zero-order valence-corrected chi connectivity index (χ0v) is 13.8. The van der Waals surface area contributed by atoms with Gasteiger partial charge >= 0.3 is 0 Å². The Morgan fingerprint density at radius 3 is 2.72 bits per heavy atom. The van der Waals surface area contributed by atoms with Gasteiger partial charge in [0.25, 0.3) is 5.91 Å². The van der Waals surface area contributed by atoms with Crippen molar-refractivity contribution in [1.29, 1.82) is 0 Å². The van der Waals surface area contributed by atoms with Crippen molar-refractivity contribution in [2.45, 2.75) is 12.8 Å². The van der Waals surface area contributed by atoms with E-state index in [1.54, 1.807) is 6.20 Å². The van der Waals surface area contributed by atoms with Crippen molar-refractivity contribution in [3.63, 3.8) is 0 Å². The predicted octanol–water partition coefficient (Wildman–Crippen LogP) is 4.08. The van der Waals surface area contributed by atoms with Crippen LogP contribution >= 0.6 is 0 Å². The molecular formula is C21H19N3O. The number of hydrogen-bond donors (Lipinski definition) is 2. The molecule has 2 aromatic heterocycles. The largest absolute Gasteiger partial charge is 0.361 e. The highest BCUT2D eigenvalue weighted by molar-refractivity contribution is 6.05. The lowest BCUT2D eigenvalue weighted by atomic mass is 10.1. The number of amides is 1. The number of H-pyrrole nitrogens is 1. The van der Waals surface area contributed by atoms with Crippen molar-refractivity contribution < 1.29 is 4.79 Å². The zero-order valence-electron chi connectivity index (χ0n) is 13.8. The van der Waals surface area contributed by atoms with E-state index in [0.29, 0.717) is 12.2 Å². The summed E-state index contributed by atoms with van der Waals surface area (Å²) in [6, 6.07) is 18.0. The van der Waals surface area contributed by atoms with Crippen LogP contribution < -0.4 is 5.32 Å². The zero-order chi connectivity index (χ0) is 17.1. The molecule has 4 aromatic rings. The number of hydrogen-bond acceptors (Lipinski definition) is 2. The molecule has 0 fully saturated rings. The van der Waals surface area contributed by atoms with E-state index < -0.39 is 0 Å². The van der Waals surface area contributed by atoms with Crippen LogP contribution in [-0.2, 0) is 6.42 Å². The number of carbonyl (C=O) groups is 1. The molecule has 0 radical (unpaired) electrons. The maximum atomic E-state index is 12.5. The molecular weight excluding hydrogens is 310 g/mol. The van der Waals surface area contributed by atoms with E-state index in [1.165, 1.54) is 10.9 Å². The van der Waals surface area contributed by atoms with E-state index in [1.807, 2.05) is 42.5 Å². The lowest BCUT2D eigenvalue weighted by molar-refractivity contribution is 0.0950. The van der Waals surface area contributed by atoms with Crippen LogP contribution in [0.4, 0.5) is 0 Å². The highest BCUT2D eigenvalue weighted by Crippen LogP contribution is 2.19. The van der Waals surface area contributed by atoms with Crippen molar-refractivity contribution in [1.82, 2.24) is 15.3 Å². The maximum absolute atomic E-state index is 12.5. The lowest BCUT2D eigenvalue weighted by Gasteiger charge is -2.07. The smallest absolute Gasteiger partial charge is 0.270 e. The second-order valence-corrected chi connectivity index (χ2v) is 6.10. The summed E-state index contributed by atoms with van der Waals surface area (Å²) in [7, 11) is 0. The number of carbonyl (C=O) groups excluding carboxylic acids is 1. The van der Waals surface area contributed by atoms with E-state index in [4.69, 9.17) is 0 Å². The van der Waals surface area contributed by atoms with Crippen LogP contribution in [0.25, 0.3) is 21.7 Å². The Bertz CT molecular complexity index is 1030. The molecule has 2 aromatic carbocycles. The molecule has 4 rings (SSSR count). The van der Waals surface area contributed by atoms with Gasteiger partial charge in [-0.2, -0.15) is 0 Å². The van der Waals surface area contributed by atoms with Gasteiger partial charge in [-0.15, -0.1) is 0 Å². The van der Waals surface area contributed by atoms with Gasteiger partial charge in [0, 0.05) is 35.2 Å². The van der Waals surface area contributed by atoms with Gasteiger partial charge in [0.05, 0.1) is 0 Å². The Labute approximate surface area is 145 Å². The first kappa shape index (κ1) is 15.4. The Kier molecular flexibility index (Phi) is 4.17. The number of para-hydroxylation sites is 1. The van der Waals surface area contributed by atoms with Crippen molar-refractivity contribution in [2.24, 2.45) is 0 Å². The Balaban J connectivity index is 1.39. The summed E-state index contributed by atoms with van der Waals surface area (Å²) in [6.07, 6.45) is 5.55. The molecule has 2 N–H and O–H groups in total. The molecule has 0 spiro atoms. The van der Waals surface area contributed by atoms with Gasteiger partial charge in [-0.05, 0) is 35.9 Å². The van der Waals surface area contributed by atoms with Crippen LogP contribution in [0.15, 0.2) is 67.0 Å². The van der Waals surface area contributed by atoms with Crippen LogP contribution in [-0.4, -0.2) is 22.4 Å². The standard InChI is InChI=1S/C21H19N3O/c25-21(20-18-9-2-1-6-15(18)11-13-22-20)23-12-5-7-16-14-24-19-10-4-3-8-17(16)19/h1-4,6,8-11,13-14,24H,5,7,12H2,(H,23,25). The minimum atomic E-state index is -0.115. The molecule has 2 heterocycles. The monoisotopic (exact) mass is 329 g/mol. The quantitative estimate of drug-likeness (QED) is 0.542. The number of nitrogens with one attached hydrogen (secondary N) is 2. The van der Waals surface area contributed by atoms with E-state index >= 15 is 0 Å². The molecule has 0 unspecified atom stereocenters. The average Bonchev–Trinajstić information content (AvgIpc) is 3.08. The SMILES string of the molecule is O=C(NCCCc1c[nH]c2ccccc12)c1nccc2ccccc12. The van der Waals surface area contributed by atoms with Gasteiger partial charge in [-0.1, -0.05) is 42.5 Å². The fourth-order valence-electron chi connectivity index (χ4n) is 3.20. The van der Waals surface area contributed by atoms with E-state index in [-0.39, 0.29) is 5.91 Å². The van der Waals surface area contributed by atoms with Crippen LogP contribution in [0, 0.1) is 0 Å². The number of fused-ring (bicyclic) bond motifs is 2. The Hall–Kier alpha value is -3.14. The molecule has 0 bridgehead atoms. The summed E-state index contributed by atoms with van der Waals surface area (Å²) in [4.78, 5) is 20.0. The number of pyridine rings is 1. The number of aryl methyl sites for hydroxylation is 1. The van der Waals surface area contributed by atoms with Crippen LogP contribution in [0.2, 0.25) is 0 Å². The second-order valence-electron chi connectivity index (χ2n) is 6.10. The molecule has 0 atom stereocenters. The van der Waals surface area contributed by atoms with E-state index in [9.17, 15) is 4.79 Å². The normalized spacial score (nSPS) is 11.0. The minimum Gasteiger partial charge on any atom is -0.361 e. The van der Waals surface area contributed by atoms with Gasteiger partial charge in [-0.25, -0.2) is 0 Å². The third-order valence-electron chi connectivity index (χ3n) is 4.47. The number of aromatic nitrogens is 2. The molecule has 4 nitrogen and oxygen atoms in total. The minimum absolute atomic E-state index is 0.115. The van der Waals surface area contributed by atoms with Gasteiger partial charge < -0.3 is 10.3 Å². The summed E-state index contributed by atoms with van der Waals surface area (Å²) in [5, 5.41) is 6.16. The third-order valence-corrected chi connectivity index (χ3v) is 4.47. The molecule has 0 saturated carbocycles. The summed E-state index contributed by atoms with van der Waals surface area (Å²) in [5.74, 6) is -0.115. The topological polar surface area (TPSA) is 57.8 Å². The van der Waals surface area contributed by atoms with E-state index in [2.05, 4.69) is 33.6 Å². The molecule has 4 heteroatoms. The Morgan fingerprint density at radius 2 is 1.80 bits per heavy atom. The molecule has 0 aliphatic carbocycles. The summed E-state index contributed by atoms with van der Waals surface area (Å²) >= 11 is 0. The number of aromatic amines is 1. The van der Waals surface area contributed by atoms with Crippen molar-refractivity contribution in [3.05, 3.63) is 78.2 Å². The van der Waals surface area contributed by atoms with E-state index in [0.717, 1.165) is 29.1 Å². The van der Waals surface area contributed by atoms with Crippen LogP contribution in [0.1, 0.15) is 22.5 Å². The molecule has 1 amide bonds. The number of benzene rings is 2. The number of rotatable bonds is 5. The summed E-state index contributed by atoms with van der Waals surface area (Å²) in [6.45, 7) is 0.628. The van der Waals surface area contributed by atoms with Crippen molar-refractivity contribution in [2.75, 3.05) is 6.54 Å². The fraction of sp³-hybridized carbons (Fsp3) is 0.143. The van der Waals surface area contributed by atoms with Gasteiger partial charge in [0.2, 0.25) is 0 Å². The molecule has 0 saturated heterocycles. The van der Waals surface area contributed by atoms with Gasteiger partial charge in [-0.3, -0.25) is 9.78 Å².